The molecule has 9 heteroatoms. The molecule has 1 heterocycles. The number of benzene rings is 3. The number of halogens is 2. The zero-order valence-electron chi connectivity index (χ0n) is 15.5. The van der Waals surface area contributed by atoms with Crippen LogP contribution in [0.4, 0.5) is 15.8 Å². The van der Waals surface area contributed by atoms with E-state index in [-0.39, 0.29) is 22.0 Å². The van der Waals surface area contributed by atoms with E-state index in [0.29, 0.717) is 17.1 Å². The monoisotopic (exact) mass is 506 g/mol. The standard InChI is InChI=1S/C21H16BrFN2O3S2/c22-15-3-11-19(12-4-15)30(27,28)24-17-7-1-14(2-8-17)21-25(20(26)13-29-21)18-9-5-16(23)6-10-18/h1-12,21,24H,13H2/t21-/m1/s1. The van der Waals surface area contributed by atoms with Crippen LogP contribution >= 0.6 is 27.7 Å². The molecule has 1 saturated heterocycles. The van der Waals surface area contributed by atoms with E-state index in [0.717, 1.165) is 10.0 Å². The number of anilines is 2. The van der Waals surface area contributed by atoms with Gasteiger partial charge in [-0.3, -0.25) is 14.4 Å². The van der Waals surface area contributed by atoms with E-state index in [1.54, 1.807) is 53.4 Å². The molecule has 1 aliphatic rings. The molecule has 0 bridgehead atoms. The molecule has 1 fully saturated rings. The van der Waals surface area contributed by atoms with E-state index in [1.165, 1.54) is 36.0 Å². The lowest BCUT2D eigenvalue weighted by atomic mass is 10.1. The molecule has 4 rings (SSSR count). The molecular weight excluding hydrogens is 491 g/mol. The Morgan fingerprint density at radius 3 is 2.23 bits per heavy atom. The zero-order valence-corrected chi connectivity index (χ0v) is 18.7. The van der Waals surface area contributed by atoms with E-state index in [4.69, 9.17) is 0 Å². The molecule has 30 heavy (non-hydrogen) atoms. The van der Waals surface area contributed by atoms with Crippen LogP contribution in [0.25, 0.3) is 0 Å². The number of thioether (sulfide) groups is 1. The van der Waals surface area contributed by atoms with E-state index >= 15 is 0 Å². The minimum Gasteiger partial charge on any atom is -0.295 e. The highest BCUT2D eigenvalue weighted by Crippen LogP contribution is 2.42. The molecule has 1 aliphatic heterocycles. The smallest absolute Gasteiger partial charge is 0.261 e. The third-order valence-corrected chi connectivity index (χ3v) is 7.68. The second-order valence-corrected chi connectivity index (χ2v) is 10.3. The van der Waals surface area contributed by atoms with Crippen LogP contribution in [0.3, 0.4) is 0 Å². The molecule has 1 N–H and O–H groups in total. The van der Waals surface area contributed by atoms with Crippen molar-refractivity contribution in [1.29, 1.82) is 0 Å². The Balaban J connectivity index is 1.55. The summed E-state index contributed by atoms with van der Waals surface area (Å²) in [7, 11) is -3.70. The van der Waals surface area contributed by atoms with E-state index in [2.05, 4.69) is 20.7 Å². The SMILES string of the molecule is O=C1CS[C@H](c2ccc(NS(=O)(=O)c3ccc(Br)cc3)cc2)N1c1ccc(F)cc1. The van der Waals surface area contributed by atoms with Crippen LogP contribution in [-0.4, -0.2) is 20.1 Å². The quantitative estimate of drug-likeness (QED) is 0.518. The second-order valence-electron chi connectivity index (χ2n) is 6.58. The molecule has 1 amide bonds. The number of nitrogens with zero attached hydrogens (tertiary/aromatic N) is 1. The molecule has 3 aromatic rings. The average Bonchev–Trinajstić information content (AvgIpc) is 3.11. The number of nitrogens with one attached hydrogen (secondary N) is 1. The van der Waals surface area contributed by atoms with Crippen LogP contribution in [0.1, 0.15) is 10.9 Å². The van der Waals surface area contributed by atoms with Gasteiger partial charge in [0, 0.05) is 15.8 Å². The molecule has 0 radical (unpaired) electrons. The fourth-order valence-corrected chi connectivity index (χ4v) is 5.60. The maximum Gasteiger partial charge on any atom is 0.261 e. The topological polar surface area (TPSA) is 66.5 Å². The van der Waals surface area contributed by atoms with Gasteiger partial charge in [-0.25, -0.2) is 12.8 Å². The van der Waals surface area contributed by atoms with Gasteiger partial charge in [-0.1, -0.05) is 28.1 Å². The summed E-state index contributed by atoms with van der Waals surface area (Å²) in [5.74, 6) is -0.103. The van der Waals surface area contributed by atoms with Crippen molar-refractivity contribution in [1.82, 2.24) is 0 Å². The molecule has 0 spiro atoms. The second kappa shape index (κ2) is 8.41. The minimum atomic E-state index is -3.70. The highest BCUT2D eigenvalue weighted by Gasteiger charge is 2.34. The van der Waals surface area contributed by atoms with E-state index in [9.17, 15) is 17.6 Å². The van der Waals surface area contributed by atoms with Gasteiger partial charge >= 0.3 is 0 Å². The van der Waals surface area contributed by atoms with Crippen LogP contribution in [0.5, 0.6) is 0 Å². The molecule has 0 aromatic heterocycles. The summed E-state index contributed by atoms with van der Waals surface area (Å²) in [6.45, 7) is 0. The number of hydrogen-bond acceptors (Lipinski definition) is 4. The molecule has 0 aliphatic carbocycles. The van der Waals surface area contributed by atoms with Crippen molar-refractivity contribution in [2.24, 2.45) is 0 Å². The number of carbonyl (C=O) groups excluding carboxylic acids is 1. The minimum absolute atomic E-state index is 0.0587. The Hall–Kier alpha value is -2.36. The van der Waals surface area contributed by atoms with E-state index in [1.807, 2.05) is 0 Å². The first-order valence-corrected chi connectivity index (χ1v) is 12.2. The first-order valence-electron chi connectivity index (χ1n) is 8.91. The van der Waals surface area contributed by atoms with Gasteiger partial charge in [0.15, 0.2) is 0 Å². The number of rotatable bonds is 5. The van der Waals surface area contributed by atoms with Crippen LogP contribution in [0.2, 0.25) is 0 Å². The Kier molecular flexibility index (Phi) is 5.86. The summed E-state index contributed by atoms with van der Waals surface area (Å²) in [5.41, 5.74) is 1.89. The third-order valence-electron chi connectivity index (χ3n) is 4.54. The summed E-state index contributed by atoms with van der Waals surface area (Å²) in [6, 6.07) is 19.1. The fourth-order valence-electron chi connectivity index (χ4n) is 3.10. The fraction of sp³-hybridized carbons (Fsp3) is 0.0952. The number of amides is 1. The van der Waals surface area contributed by atoms with Crippen molar-refractivity contribution in [2.45, 2.75) is 10.3 Å². The van der Waals surface area contributed by atoms with Crippen molar-refractivity contribution < 1.29 is 17.6 Å². The average molecular weight is 507 g/mol. The van der Waals surface area contributed by atoms with Crippen molar-refractivity contribution in [3.63, 3.8) is 0 Å². The molecule has 154 valence electrons. The number of carbonyl (C=O) groups is 1. The highest BCUT2D eigenvalue weighted by atomic mass is 79.9. The molecule has 0 unspecified atom stereocenters. The first kappa shape index (κ1) is 20.9. The normalized spacial score (nSPS) is 16.7. The summed E-state index contributed by atoms with van der Waals surface area (Å²) >= 11 is 4.75. The van der Waals surface area contributed by atoms with Gasteiger partial charge in [0.25, 0.3) is 10.0 Å². The van der Waals surface area contributed by atoms with Crippen LogP contribution in [0, 0.1) is 5.82 Å². The Bertz CT molecular complexity index is 1170. The molecule has 1 atom stereocenters. The zero-order chi connectivity index (χ0) is 21.3. The van der Waals surface area contributed by atoms with E-state index < -0.39 is 10.0 Å². The van der Waals surface area contributed by atoms with Gasteiger partial charge in [0.05, 0.1) is 10.6 Å². The molecule has 5 nitrogen and oxygen atoms in total. The largest absolute Gasteiger partial charge is 0.295 e. The summed E-state index contributed by atoms with van der Waals surface area (Å²) in [6.07, 6.45) is 0. The lowest BCUT2D eigenvalue weighted by molar-refractivity contribution is -0.115. The van der Waals surface area contributed by atoms with Gasteiger partial charge in [-0.2, -0.15) is 0 Å². The Labute approximate surface area is 186 Å². The number of sulfonamides is 1. The number of hydrogen-bond donors (Lipinski definition) is 1. The highest BCUT2D eigenvalue weighted by molar-refractivity contribution is 9.10. The maximum absolute atomic E-state index is 13.2. The maximum atomic E-state index is 13.2. The van der Waals surface area contributed by atoms with Gasteiger partial charge in [0.1, 0.15) is 11.2 Å². The molecule has 3 aromatic carbocycles. The summed E-state index contributed by atoms with van der Waals surface area (Å²) in [5, 5.41) is -0.264. The lowest BCUT2D eigenvalue weighted by Crippen LogP contribution is -2.27. The molecular formula is C21H16BrFN2O3S2. The van der Waals surface area contributed by atoms with Crippen LogP contribution < -0.4 is 9.62 Å². The van der Waals surface area contributed by atoms with Crippen molar-refractivity contribution in [3.05, 3.63) is 88.6 Å². The van der Waals surface area contributed by atoms with Gasteiger partial charge in [0.2, 0.25) is 5.91 Å². The van der Waals surface area contributed by atoms with Gasteiger partial charge in [-0.15, -0.1) is 11.8 Å². The van der Waals surface area contributed by atoms with Crippen molar-refractivity contribution in [3.8, 4) is 0 Å². The Morgan fingerprint density at radius 2 is 1.60 bits per heavy atom. The van der Waals surface area contributed by atoms with Crippen molar-refractivity contribution >= 4 is 55.0 Å². The van der Waals surface area contributed by atoms with Crippen LogP contribution in [0.15, 0.2) is 82.2 Å². The molecule has 0 saturated carbocycles. The summed E-state index contributed by atoms with van der Waals surface area (Å²) < 4.78 is 41.7. The van der Waals surface area contributed by atoms with Crippen molar-refractivity contribution in [2.75, 3.05) is 15.4 Å². The predicted octanol–water partition coefficient (Wildman–Crippen LogP) is 5.17. The predicted molar refractivity (Wildman–Crippen MR) is 120 cm³/mol. The summed E-state index contributed by atoms with van der Waals surface area (Å²) in [4.78, 5) is 14.2. The lowest BCUT2D eigenvalue weighted by Gasteiger charge is -2.24. The first-order chi connectivity index (χ1) is 14.3. The third kappa shape index (κ3) is 4.38. The van der Waals surface area contributed by atoms with Gasteiger partial charge in [-0.05, 0) is 66.2 Å². The Morgan fingerprint density at radius 1 is 0.967 bits per heavy atom. The van der Waals surface area contributed by atoms with Crippen LogP contribution in [-0.2, 0) is 14.8 Å². The van der Waals surface area contributed by atoms with Gasteiger partial charge < -0.3 is 0 Å².